The van der Waals surface area contributed by atoms with Gasteiger partial charge in [0.2, 0.25) is 17.7 Å². The van der Waals surface area contributed by atoms with Crippen molar-refractivity contribution in [1.29, 1.82) is 0 Å². The summed E-state index contributed by atoms with van der Waals surface area (Å²) < 4.78 is 42.4. The van der Waals surface area contributed by atoms with Crippen molar-refractivity contribution in [3.05, 3.63) is 71.8 Å². The van der Waals surface area contributed by atoms with Crippen molar-refractivity contribution in [1.82, 2.24) is 16.0 Å². The summed E-state index contributed by atoms with van der Waals surface area (Å²) in [6, 6.07) is 9.46. The Morgan fingerprint density at radius 1 is 0.762 bits per heavy atom. The third kappa shape index (κ3) is 11.4. The first kappa shape index (κ1) is 34.0. The molecule has 11 N–H and O–H groups in total. The van der Waals surface area contributed by atoms with Gasteiger partial charge >= 0.3 is 6.18 Å². The molecule has 0 aliphatic rings. The lowest BCUT2D eigenvalue weighted by molar-refractivity contribution is -0.161. The van der Waals surface area contributed by atoms with Gasteiger partial charge in [-0.25, -0.2) is 0 Å². The van der Waals surface area contributed by atoms with E-state index in [1.54, 1.807) is 36.4 Å². The largest absolute Gasteiger partial charge is 0.407 e. The highest BCUT2D eigenvalue weighted by molar-refractivity contribution is 5.93. The van der Waals surface area contributed by atoms with E-state index in [9.17, 15) is 27.6 Å². The third-order valence-corrected chi connectivity index (χ3v) is 6.37. The summed E-state index contributed by atoms with van der Waals surface area (Å²) in [5, 5.41) is 7.55. The molecule has 14 heteroatoms. The minimum absolute atomic E-state index is 0.0763. The van der Waals surface area contributed by atoms with Crippen LogP contribution >= 0.6 is 0 Å². The fourth-order valence-electron chi connectivity index (χ4n) is 4.26. The molecule has 0 bridgehead atoms. The summed E-state index contributed by atoms with van der Waals surface area (Å²) in [5.41, 5.74) is 22.1. The molecule has 0 fully saturated rings. The number of rotatable bonds is 17. The van der Waals surface area contributed by atoms with Gasteiger partial charge in [-0.3, -0.25) is 24.7 Å². The van der Waals surface area contributed by atoms with Crippen molar-refractivity contribution in [3.8, 4) is 0 Å². The molecule has 42 heavy (non-hydrogen) atoms. The second-order valence-electron chi connectivity index (χ2n) is 9.65. The summed E-state index contributed by atoms with van der Waals surface area (Å²) in [6.07, 6.45) is -3.56. The van der Waals surface area contributed by atoms with Crippen molar-refractivity contribution in [3.63, 3.8) is 0 Å². The molecule has 3 amide bonds. The predicted octanol–water partition coefficient (Wildman–Crippen LogP) is 1.26. The number of guanidine groups is 1. The summed E-state index contributed by atoms with van der Waals surface area (Å²) in [7, 11) is 0. The quantitative estimate of drug-likeness (QED) is 0.0813. The monoisotopic (exact) mass is 592 g/mol. The van der Waals surface area contributed by atoms with Crippen LogP contribution in [0.25, 0.3) is 0 Å². The van der Waals surface area contributed by atoms with E-state index in [1.807, 2.05) is 0 Å². The van der Waals surface area contributed by atoms with Gasteiger partial charge < -0.3 is 33.6 Å². The first-order valence-electron chi connectivity index (χ1n) is 13.5. The fraction of sp³-hybridized carbons (Fsp3) is 0.429. The predicted molar refractivity (Wildman–Crippen MR) is 153 cm³/mol. The Balaban J connectivity index is 2.32. The number of unbranched alkanes of at least 4 members (excludes halogenated alkanes) is 1. The Labute approximate surface area is 242 Å². The Morgan fingerprint density at radius 2 is 1.31 bits per heavy atom. The summed E-state index contributed by atoms with van der Waals surface area (Å²) >= 11 is 0. The molecule has 230 valence electrons. The number of halogens is 3. The zero-order chi connectivity index (χ0) is 31.1. The zero-order valence-electron chi connectivity index (χ0n) is 23.1. The summed E-state index contributed by atoms with van der Waals surface area (Å²) in [6.45, 7) is 0.406. The molecule has 11 nitrogen and oxygen atoms in total. The molecule has 0 heterocycles. The van der Waals surface area contributed by atoms with Crippen LogP contribution < -0.4 is 38.9 Å². The highest BCUT2D eigenvalue weighted by Crippen LogP contribution is 2.33. The number of carbonyl (C=O) groups excluding carboxylic acids is 3. The van der Waals surface area contributed by atoms with Gasteiger partial charge in [0.05, 0.1) is 6.04 Å². The molecular weight excluding hydrogens is 553 g/mol. The molecular formula is C28H39F3N8O3. The number of hydrogen-bond acceptors (Lipinski definition) is 6. The summed E-state index contributed by atoms with van der Waals surface area (Å²) in [4.78, 5) is 42.8. The van der Waals surface area contributed by atoms with E-state index in [1.165, 1.54) is 24.3 Å². The molecule has 0 saturated heterocycles. The fourth-order valence-corrected chi connectivity index (χ4v) is 4.26. The molecule has 0 aromatic heterocycles. The van der Waals surface area contributed by atoms with Crippen LogP contribution in [0.5, 0.6) is 0 Å². The minimum atomic E-state index is -4.73. The number of nitrogens with one attached hydrogen (secondary N) is 3. The number of aliphatic imine (C=N–C) groups is 1. The molecule has 0 radical (unpaired) electrons. The molecule has 0 saturated carbocycles. The Morgan fingerprint density at radius 3 is 1.83 bits per heavy atom. The summed E-state index contributed by atoms with van der Waals surface area (Å²) in [5.74, 6) is -2.58. The average Bonchev–Trinajstić information content (AvgIpc) is 2.94. The minimum Gasteiger partial charge on any atom is -0.370 e. The van der Waals surface area contributed by atoms with Crippen molar-refractivity contribution >= 4 is 23.7 Å². The Bertz CT molecular complexity index is 1160. The van der Waals surface area contributed by atoms with E-state index in [0.717, 1.165) is 0 Å². The van der Waals surface area contributed by atoms with Gasteiger partial charge in [-0.15, -0.1) is 0 Å². The molecule has 4 atom stereocenters. The van der Waals surface area contributed by atoms with Crippen LogP contribution in [0.2, 0.25) is 0 Å². The van der Waals surface area contributed by atoms with Crippen LogP contribution in [0, 0.1) is 0 Å². The van der Waals surface area contributed by atoms with Crippen LogP contribution in [0.1, 0.15) is 55.3 Å². The topological polar surface area (TPSA) is 204 Å². The van der Waals surface area contributed by atoms with Crippen molar-refractivity contribution in [2.45, 2.75) is 62.4 Å². The Hall–Kier alpha value is -4.17. The maximum atomic E-state index is 14.1. The van der Waals surface area contributed by atoms with Crippen molar-refractivity contribution in [2.75, 3.05) is 13.1 Å². The van der Waals surface area contributed by atoms with Gasteiger partial charge in [-0.1, -0.05) is 60.7 Å². The average molecular weight is 593 g/mol. The zero-order valence-corrected chi connectivity index (χ0v) is 23.1. The van der Waals surface area contributed by atoms with E-state index in [-0.39, 0.29) is 37.3 Å². The van der Waals surface area contributed by atoms with Gasteiger partial charge in [-0.2, -0.15) is 13.2 Å². The van der Waals surface area contributed by atoms with E-state index in [2.05, 4.69) is 20.9 Å². The number of amides is 3. The van der Waals surface area contributed by atoms with Gasteiger partial charge in [-0.05, 0) is 49.8 Å². The van der Waals surface area contributed by atoms with Gasteiger partial charge in [0, 0.05) is 6.54 Å². The van der Waals surface area contributed by atoms with E-state index in [0.29, 0.717) is 24.9 Å². The molecule has 0 aliphatic carbocycles. The lowest BCUT2D eigenvalue weighted by Gasteiger charge is -2.29. The number of carbonyl (C=O) groups is 3. The van der Waals surface area contributed by atoms with Crippen molar-refractivity contribution in [2.24, 2.45) is 27.9 Å². The number of nitrogens with zero attached hydrogens (tertiary/aromatic N) is 1. The number of primary amides is 1. The third-order valence-electron chi connectivity index (χ3n) is 6.37. The molecule has 0 spiro atoms. The number of nitrogens with two attached hydrogens (primary N) is 4. The maximum absolute atomic E-state index is 14.1. The lowest BCUT2D eigenvalue weighted by Crippen LogP contribution is -2.55. The highest BCUT2D eigenvalue weighted by Gasteiger charge is 2.43. The van der Waals surface area contributed by atoms with Gasteiger partial charge in [0.25, 0.3) is 0 Å². The Kier molecular flexibility index (Phi) is 13.7. The maximum Gasteiger partial charge on any atom is 0.407 e. The van der Waals surface area contributed by atoms with Crippen LogP contribution in [0.3, 0.4) is 0 Å². The molecule has 0 aliphatic heterocycles. The molecule has 2 aromatic carbocycles. The van der Waals surface area contributed by atoms with Crippen LogP contribution in [-0.4, -0.2) is 55.0 Å². The standard InChI is InChI=1S/C28H39F3N8O3/c29-28(30,31)23(19-12-5-2-6-13-19)37-20(15-9-17-36-27(34)35)25(41)38-21(14-7-8-16-32)26(42)39-22(24(33)40)18-10-3-1-4-11-18/h1-6,10-13,20-23,37H,7-9,14-17,32H2,(H2,33,40)(H,38,41)(H,39,42)(H4,34,35,36)/t20-,21-,22+,23+/m0/s1. The highest BCUT2D eigenvalue weighted by atomic mass is 19.4. The number of alkyl halides is 3. The van der Waals surface area contributed by atoms with Gasteiger partial charge in [0.15, 0.2) is 5.96 Å². The van der Waals surface area contributed by atoms with Gasteiger partial charge in [0.1, 0.15) is 18.1 Å². The molecule has 0 unspecified atom stereocenters. The molecule has 2 rings (SSSR count). The van der Waals surface area contributed by atoms with E-state index in [4.69, 9.17) is 22.9 Å². The van der Waals surface area contributed by atoms with Crippen LogP contribution in [-0.2, 0) is 14.4 Å². The second-order valence-corrected chi connectivity index (χ2v) is 9.65. The first-order chi connectivity index (χ1) is 19.9. The first-order valence-corrected chi connectivity index (χ1v) is 13.5. The smallest absolute Gasteiger partial charge is 0.370 e. The van der Waals surface area contributed by atoms with Crippen molar-refractivity contribution < 1.29 is 27.6 Å². The van der Waals surface area contributed by atoms with Crippen LogP contribution in [0.4, 0.5) is 13.2 Å². The number of hydrogen-bond donors (Lipinski definition) is 7. The van der Waals surface area contributed by atoms with E-state index < -0.39 is 48.1 Å². The second kappa shape index (κ2) is 16.9. The SMILES string of the molecule is NCCCC[C@H](NC(=O)[C@H](CCCN=C(N)N)N[C@H](c1ccccc1)C(F)(F)F)C(=O)N[C@@H](C(N)=O)c1ccccc1. The lowest BCUT2D eigenvalue weighted by atomic mass is 10.0. The van der Waals surface area contributed by atoms with Crippen LogP contribution in [0.15, 0.2) is 65.7 Å². The normalized spacial score (nSPS) is 14.2. The molecule has 2 aromatic rings. The van der Waals surface area contributed by atoms with E-state index >= 15 is 0 Å². The number of benzene rings is 2.